The van der Waals surface area contributed by atoms with Gasteiger partial charge in [0, 0.05) is 12.6 Å². The predicted octanol–water partition coefficient (Wildman–Crippen LogP) is 2.42. The van der Waals surface area contributed by atoms with Crippen LogP contribution in [0.25, 0.3) is 0 Å². The Morgan fingerprint density at radius 1 is 1.30 bits per heavy atom. The number of aliphatic hydroxyl groups is 1. The van der Waals surface area contributed by atoms with Crippen molar-refractivity contribution in [1.82, 2.24) is 9.97 Å². The molecule has 2 aromatic rings. The van der Waals surface area contributed by atoms with Gasteiger partial charge in [0.1, 0.15) is 11.0 Å². The van der Waals surface area contributed by atoms with Crippen molar-refractivity contribution >= 4 is 23.4 Å². The normalized spacial score (nSPS) is 13.8. The van der Waals surface area contributed by atoms with E-state index in [2.05, 4.69) is 15.3 Å². The number of halogens is 1. The zero-order chi connectivity index (χ0) is 14.6. The molecule has 0 aliphatic heterocycles. The molecule has 1 unspecified atom stereocenters. The lowest BCUT2D eigenvalue weighted by atomic mass is 9.93. The first kappa shape index (κ1) is 14.6. The number of hydrogen-bond acceptors (Lipinski definition) is 5. The highest BCUT2D eigenvalue weighted by Crippen LogP contribution is 2.24. The van der Waals surface area contributed by atoms with Crippen LogP contribution in [0.4, 0.5) is 11.8 Å². The van der Waals surface area contributed by atoms with Gasteiger partial charge >= 0.3 is 0 Å². The van der Waals surface area contributed by atoms with Crippen molar-refractivity contribution in [1.29, 1.82) is 0 Å². The van der Waals surface area contributed by atoms with E-state index in [0.29, 0.717) is 18.8 Å². The van der Waals surface area contributed by atoms with Crippen molar-refractivity contribution in [2.24, 2.45) is 0 Å². The summed E-state index contributed by atoms with van der Waals surface area (Å²) in [4.78, 5) is 7.80. The highest BCUT2D eigenvalue weighted by atomic mass is 35.5. The Hall–Kier alpha value is -1.85. The molecule has 5 nitrogen and oxygen atoms in total. The second kappa shape index (κ2) is 6.07. The molecular weight excluding hydrogens is 276 g/mol. The maximum Gasteiger partial charge on any atom is 0.223 e. The fourth-order valence-corrected chi connectivity index (χ4v) is 2.09. The van der Waals surface area contributed by atoms with Gasteiger partial charge in [0.2, 0.25) is 5.95 Å². The number of nitrogens with zero attached hydrogens (tertiary/aromatic N) is 2. The smallest absolute Gasteiger partial charge is 0.223 e. The molecular formula is C14H17ClN4O. The van der Waals surface area contributed by atoms with Gasteiger partial charge in [-0.2, -0.15) is 4.98 Å². The minimum Gasteiger partial charge on any atom is -0.385 e. The Labute approximate surface area is 122 Å². The summed E-state index contributed by atoms with van der Waals surface area (Å²) in [6.07, 6.45) is 0.526. The van der Waals surface area contributed by atoms with Gasteiger partial charge in [-0.15, -0.1) is 0 Å². The van der Waals surface area contributed by atoms with Crippen LogP contribution < -0.4 is 11.1 Å². The molecule has 1 atom stereocenters. The van der Waals surface area contributed by atoms with E-state index in [4.69, 9.17) is 17.3 Å². The van der Waals surface area contributed by atoms with Gasteiger partial charge in [0.15, 0.2) is 0 Å². The standard InChI is InChI=1S/C14H17ClN4O/c1-14(20,10-5-3-2-4-6-10)7-8-17-12-9-11(15)18-13(16)19-12/h2-6,9,20H,7-8H2,1H3,(H3,16,17,18,19). The van der Waals surface area contributed by atoms with Crippen LogP contribution in [-0.2, 0) is 5.60 Å². The van der Waals surface area contributed by atoms with E-state index in [9.17, 15) is 5.11 Å². The summed E-state index contributed by atoms with van der Waals surface area (Å²) in [7, 11) is 0. The highest BCUT2D eigenvalue weighted by molar-refractivity contribution is 6.29. The van der Waals surface area contributed by atoms with E-state index in [1.807, 2.05) is 30.3 Å². The van der Waals surface area contributed by atoms with E-state index in [0.717, 1.165) is 5.56 Å². The van der Waals surface area contributed by atoms with Gasteiger partial charge < -0.3 is 16.2 Å². The van der Waals surface area contributed by atoms with Crippen molar-refractivity contribution < 1.29 is 5.11 Å². The highest BCUT2D eigenvalue weighted by Gasteiger charge is 2.22. The Bertz CT molecular complexity index is 554. The lowest BCUT2D eigenvalue weighted by molar-refractivity contribution is 0.0515. The van der Waals surface area contributed by atoms with E-state index in [-0.39, 0.29) is 11.1 Å². The largest absolute Gasteiger partial charge is 0.385 e. The van der Waals surface area contributed by atoms with Crippen LogP contribution in [0.5, 0.6) is 0 Å². The van der Waals surface area contributed by atoms with Crippen molar-refractivity contribution in [3.8, 4) is 0 Å². The number of hydrogen-bond donors (Lipinski definition) is 3. The van der Waals surface area contributed by atoms with Crippen molar-refractivity contribution in [2.75, 3.05) is 17.6 Å². The van der Waals surface area contributed by atoms with E-state index in [1.54, 1.807) is 13.0 Å². The molecule has 1 heterocycles. The van der Waals surface area contributed by atoms with Crippen molar-refractivity contribution in [2.45, 2.75) is 18.9 Å². The molecule has 0 aliphatic carbocycles. The van der Waals surface area contributed by atoms with E-state index >= 15 is 0 Å². The average molecular weight is 293 g/mol. The lowest BCUT2D eigenvalue weighted by Crippen LogP contribution is -2.24. The fraction of sp³-hybridized carbons (Fsp3) is 0.286. The van der Waals surface area contributed by atoms with Gasteiger partial charge in [-0.1, -0.05) is 41.9 Å². The van der Waals surface area contributed by atoms with Crippen LogP contribution in [0.15, 0.2) is 36.4 Å². The Kier molecular flexibility index (Phi) is 4.42. The molecule has 0 saturated carbocycles. The first-order valence-electron chi connectivity index (χ1n) is 6.29. The molecule has 0 saturated heterocycles. The molecule has 20 heavy (non-hydrogen) atoms. The number of aromatic nitrogens is 2. The number of benzene rings is 1. The van der Waals surface area contributed by atoms with Crippen LogP contribution in [0.2, 0.25) is 5.15 Å². The van der Waals surface area contributed by atoms with Crippen LogP contribution in [0, 0.1) is 0 Å². The minimum atomic E-state index is -0.906. The number of nitrogen functional groups attached to an aromatic ring is 1. The molecule has 0 spiro atoms. The van der Waals surface area contributed by atoms with Crippen molar-refractivity contribution in [3.63, 3.8) is 0 Å². The molecule has 0 bridgehead atoms. The predicted molar refractivity (Wildman–Crippen MR) is 80.6 cm³/mol. The fourth-order valence-electron chi connectivity index (χ4n) is 1.90. The van der Waals surface area contributed by atoms with Gasteiger partial charge in [0.25, 0.3) is 0 Å². The SMILES string of the molecule is CC(O)(CCNc1cc(Cl)nc(N)n1)c1ccccc1. The number of nitrogens with two attached hydrogens (primary N) is 1. The second-order valence-corrected chi connectivity index (χ2v) is 5.14. The van der Waals surface area contributed by atoms with Gasteiger partial charge in [-0.3, -0.25) is 0 Å². The zero-order valence-corrected chi connectivity index (χ0v) is 11.9. The van der Waals surface area contributed by atoms with Crippen LogP contribution in [-0.4, -0.2) is 21.6 Å². The van der Waals surface area contributed by atoms with Gasteiger partial charge in [-0.05, 0) is 18.9 Å². The summed E-state index contributed by atoms with van der Waals surface area (Å²) in [5.41, 5.74) is 5.48. The molecule has 4 N–H and O–H groups in total. The minimum absolute atomic E-state index is 0.120. The molecule has 106 valence electrons. The molecule has 0 radical (unpaired) electrons. The lowest BCUT2D eigenvalue weighted by Gasteiger charge is -2.24. The van der Waals surface area contributed by atoms with Gasteiger partial charge in [-0.25, -0.2) is 4.98 Å². The first-order chi connectivity index (χ1) is 9.47. The number of rotatable bonds is 5. The summed E-state index contributed by atoms with van der Waals surface area (Å²) in [6, 6.07) is 11.1. The zero-order valence-electron chi connectivity index (χ0n) is 11.2. The monoisotopic (exact) mass is 292 g/mol. The average Bonchev–Trinajstić information content (AvgIpc) is 2.38. The molecule has 0 amide bonds. The summed E-state index contributed by atoms with van der Waals surface area (Å²) in [5, 5.41) is 13.8. The number of anilines is 2. The van der Waals surface area contributed by atoms with E-state index < -0.39 is 5.60 Å². The second-order valence-electron chi connectivity index (χ2n) is 4.75. The van der Waals surface area contributed by atoms with Crippen LogP contribution in [0.1, 0.15) is 18.9 Å². The maximum atomic E-state index is 10.4. The number of nitrogens with one attached hydrogen (secondary N) is 1. The van der Waals surface area contributed by atoms with Gasteiger partial charge in [0.05, 0.1) is 5.60 Å². The Morgan fingerprint density at radius 3 is 2.65 bits per heavy atom. The van der Waals surface area contributed by atoms with Crippen LogP contribution in [0.3, 0.4) is 0 Å². The Balaban J connectivity index is 1.95. The summed E-state index contributed by atoms with van der Waals surface area (Å²) in [6.45, 7) is 2.32. The molecule has 0 aliphatic rings. The Morgan fingerprint density at radius 2 is 2.00 bits per heavy atom. The summed E-state index contributed by atoms with van der Waals surface area (Å²) < 4.78 is 0. The van der Waals surface area contributed by atoms with Crippen molar-refractivity contribution in [3.05, 3.63) is 47.1 Å². The molecule has 6 heteroatoms. The topological polar surface area (TPSA) is 84.1 Å². The third-order valence-electron chi connectivity index (χ3n) is 3.03. The first-order valence-corrected chi connectivity index (χ1v) is 6.67. The third kappa shape index (κ3) is 3.82. The molecule has 1 aromatic heterocycles. The third-order valence-corrected chi connectivity index (χ3v) is 3.22. The quantitative estimate of drug-likeness (QED) is 0.737. The maximum absolute atomic E-state index is 10.4. The summed E-state index contributed by atoms with van der Waals surface area (Å²) >= 11 is 5.79. The van der Waals surface area contributed by atoms with E-state index in [1.165, 1.54) is 0 Å². The summed E-state index contributed by atoms with van der Waals surface area (Å²) in [5.74, 6) is 0.668. The van der Waals surface area contributed by atoms with Crippen LogP contribution >= 0.6 is 11.6 Å². The molecule has 0 fully saturated rings. The molecule has 1 aromatic carbocycles. The molecule has 2 rings (SSSR count).